The number of hydrogen-bond donors (Lipinski definition) is 1. The molecule has 5 nitrogen and oxygen atoms in total. The Hall–Kier alpha value is -4.43. The summed E-state index contributed by atoms with van der Waals surface area (Å²) in [6.45, 7) is 2.06. The summed E-state index contributed by atoms with van der Waals surface area (Å²) in [5.74, 6) is -0.288. The number of hydrogen-bond acceptors (Lipinski definition) is 3. The van der Waals surface area contributed by atoms with Crippen LogP contribution >= 0.6 is 0 Å². The Kier molecular flexibility index (Phi) is 5.72. The number of carbonyl (C=O) groups is 1. The largest absolute Gasteiger partial charge is 0.314 e. The zero-order chi connectivity index (χ0) is 21.6. The summed E-state index contributed by atoms with van der Waals surface area (Å²) in [6, 6.07) is 30.8. The van der Waals surface area contributed by atoms with Gasteiger partial charge >= 0.3 is 0 Å². The minimum Gasteiger partial charge on any atom is -0.314 e. The zero-order valence-corrected chi connectivity index (χ0v) is 17.0. The van der Waals surface area contributed by atoms with Crippen LogP contribution in [0.4, 0.5) is 0 Å². The molecular formula is C26H20N4O. The van der Waals surface area contributed by atoms with Gasteiger partial charge < -0.3 is 4.57 Å². The quantitative estimate of drug-likeness (QED) is 0.372. The van der Waals surface area contributed by atoms with Crippen LogP contribution in [0.5, 0.6) is 0 Å². The normalized spacial score (nSPS) is 10.7. The van der Waals surface area contributed by atoms with Gasteiger partial charge in [0.15, 0.2) is 0 Å². The van der Waals surface area contributed by atoms with Crippen LogP contribution in [0, 0.1) is 18.3 Å². The van der Waals surface area contributed by atoms with Gasteiger partial charge in [-0.1, -0.05) is 42.5 Å². The molecule has 0 saturated heterocycles. The first kappa shape index (κ1) is 19.9. The molecule has 1 amide bonds. The van der Waals surface area contributed by atoms with Crippen molar-refractivity contribution in [1.29, 1.82) is 5.26 Å². The molecule has 0 unspecified atom stereocenters. The smallest absolute Gasteiger partial charge is 0.271 e. The van der Waals surface area contributed by atoms with Crippen molar-refractivity contribution in [2.75, 3.05) is 0 Å². The van der Waals surface area contributed by atoms with E-state index in [1.54, 1.807) is 42.6 Å². The minimum atomic E-state index is -0.288. The lowest BCUT2D eigenvalue weighted by atomic mass is 10.1. The van der Waals surface area contributed by atoms with Gasteiger partial charge in [0.25, 0.3) is 5.91 Å². The van der Waals surface area contributed by atoms with Crippen molar-refractivity contribution >= 4 is 12.1 Å². The van der Waals surface area contributed by atoms with Gasteiger partial charge in [-0.2, -0.15) is 10.4 Å². The molecule has 0 aliphatic rings. The summed E-state index contributed by atoms with van der Waals surface area (Å²) in [5.41, 5.74) is 8.77. The average molecular weight is 404 g/mol. The molecule has 0 saturated carbocycles. The molecule has 1 N–H and O–H groups in total. The van der Waals surface area contributed by atoms with Crippen molar-refractivity contribution in [2.24, 2.45) is 5.10 Å². The summed E-state index contributed by atoms with van der Waals surface area (Å²) in [7, 11) is 0. The molecule has 0 fully saturated rings. The van der Waals surface area contributed by atoms with Gasteiger partial charge in [-0.15, -0.1) is 0 Å². The predicted octanol–water partition coefficient (Wildman–Crippen LogP) is 5.09. The second kappa shape index (κ2) is 8.93. The van der Waals surface area contributed by atoms with Gasteiger partial charge in [0, 0.05) is 16.9 Å². The molecule has 4 aromatic rings. The maximum absolute atomic E-state index is 12.4. The van der Waals surface area contributed by atoms with Gasteiger partial charge in [0.05, 0.1) is 23.5 Å². The van der Waals surface area contributed by atoms with Crippen molar-refractivity contribution < 1.29 is 4.79 Å². The van der Waals surface area contributed by atoms with E-state index in [2.05, 4.69) is 52.4 Å². The molecule has 1 aromatic heterocycles. The van der Waals surface area contributed by atoms with E-state index >= 15 is 0 Å². The fourth-order valence-electron chi connectivity index (χ4n) is 3.35. The third-order valence-corrected chi connectivity index (χ3v) is 4.95. The first-order valence-corrected chi connectivity index (χ1v) is 9.83. The Morgan fingerprint density at radius 1 is 0.935 bits per heavy atom. The highest BCUT2D eigenvalue weighted by molar-refractivity contribution is 5.95. The summed E-state index contributed by atoms with van der Waals surface area (Å²) in [4.78, 5) is 12.4. The highest BCUT2D eigenvalue weighted by atomic mass is 16.2. The molecule has 150 valence electrons. The summed E-state index contributed by atoms with van der Waals surface area (Å²) >= 11 is 0. The zero-order valence-electron chi connectivity index (χ0n) is 17.0. The van der Waals surface area contributed by atoms with Gasteiger partial charge in [0.1, 0.15) is 0 Å². The number of carbonyl (C=O) groups excluding carboxylic acids is 1. The van der Waals surface area contributed by atoms with E-state index in [4.69, 9.17) is 5.26 Å². The van der Waals surface area contributed by atoms with Crippen LogP contribution in [0.1, 0.15) is 27.2 Å². The standard InChI is InChI=1S/C26H20N4O/c1-19-7-16-25(22-5-3-2-4-6-22)30(19)24-14-12-23(13-15-24)26(31)29-28-18-21-10-8-20(17-27)9-11-21/h2-16,18H,1H3,(H,29,31). The van der Waals surface area contributed by atoms with Gasteiger partial charge in [0.2, 0.25) is 0 Å². The molecule has 5 heteroatoms. The molecule has 0 atom stereocenters. The SMILES string of the molecule is Cc1ccc(-c2ccccc2)n1-c1ccc(C(=O)NN=Cc2ccc(C#N)cc2)cc1. The third kappa shape index (κ3) is 4.44. The lowest BCUT2D eigenvalue weighted by Gasteiger charge is -2.12. The molecule has 1 heterocycles. The summed E-state index contributed by atoms with van der Waals surface area (Å²) < 4.78 is 2.17. The van der Waals surface area contributed by atoms with Gasteiger partial charge in [-0.3, -0.25) is 4.79 Å². The maximum Gasteiger partial charge on any atom is 0.271 e. The number of aryl methyl sites for hydroxylation is 1. The first-order valence-electron chi connectivity index (χ1n) is 9.83. The van der Waals surface area contributed by atoms with Crippen LogP contribution in [0.15, 0.2) is 96.1 Å². The molecular weight excluding hydrogens is 384 g/mol. The van der Waals surface area contributed by atoms with Gasteiger partial charge in [-0.25, -0.2) is 5.43 Å². The van der Waals surface area contributed by atoms with Crippen LogP contribution in [-0.2, 0) is 0 Å². The van der Waals surface area contributed by atoms with E-state index in [1.165, 1.54) is 0 Å². The second-order valence-electron chi connectivity index (χ2n) is 7.04. The fourth-order valence-corrected chi connectivity index (χ4v) is 3.35. The number of nitrogens with zero attached hydrogens (tertiary/aromatic N) is 3. The number of hydrazone groups is 1. The van der Waals surface area contributed by atoms with Gasteiger partial charge in [-0.05, 0) is 66.6 Å². The number of aromatic nitrogens is 1. The van der Waals surface area contributed by atoms with Crippen molar-refractivity contribution in [3.8, 4) is 23.0 Å². The Morgan fingerprint density at radius 2 is 1.65 bits per heavy atom. The second-order valence-corrected chi connectivity index (χ2v) is 7.04. The van der Waals surface area contributed by atoms with E-state index in [0.29, 0.717) is 11.1 Å². The number of amides is 1. The molecule has 0 bridgehead atoms. The third-order valence-electron chi connectivity index (χ3n) is 4.95. The number of rotatable bonds is 5. The first-order chi connectivity index (χ1) is 15.2. The number of benzene rings is 3. The predicted molar refractivity (Wildman–Crippen MR) is 122 cm³/mol. The van der Waals surface area contributed by atoms with E-state index in [-0.39, 0.29) is 5.91 Å². The summed E-state index contributed by atoms with van der Waals surface area (Å²) in [5, 5.41) is 12.8. The molecule has 0 aliphatic carbocycles. The maximum atomic E-state index is 12.4. The highest BCUT2D eigenvalue weighted by Gasteiger charge is 2.10. The van der Waals surface area contributed by atoms with Crippen molar-refractivity contribution in [3.05, 3.63) is 113 Å². The van der Waals surface area contributed by atoms with Crippen molar-refractivity contribution in [2.45, 2.75) is 6.92 Å². The monoisotopic (exact) mass is 404 g/mol. The fraction of sp³-hybridized carbons (Fsp3) is 0.0385. The van der Waals surface area contributed by atoms with Crippen LogP contribution < -0.4 is 5.43 Å². The Bertz CT molecular complexity index is 1260. The lowest BCUT2D eigenvalue weighted by Crippen LogP contribution is -2.17. The van der Waals surface area contributed by atoms with Crippen LogP contribution in [-0.4, -0.2) is 16.7 Å². The molecule has 0 aliphatic heterocycles. The van der Waals surface area contributed by atoms with Crippen LogP contribution in [0.3, 0.4) is 0 Å². The van der Waals surface area contributed by atoms with Crippen LogP contribution in [0.2, 0.25) is 0 Å². The van der Waals surface area contributed by atoms with E-state index in [9.17, 15) is 4.79 Å². The summed E-state index contributed by atoms with van der Waals surface area (Å²) in [6.07, 6.45) is 1.54. The Labute approximate surface area is 180 Å². The van der Waals surface area contributed by atoms with Crippen molar-refractivity contribution in [3.63, 3.8) is 0 Å². The topological polar surface area (TPSA) is 70.2 Å². The van der Waals surface area contributed by atoms with E-state index < -0.39 is 0 Å². The van der Waals surface area contributed by atoms with Crippen LogP contribution in [0.25, 0.3) is 16.9 Å². The Morgan fingerprint density at radius 3 is 2.32 bits per heavy atom. The molecule has 3 aromatic carbocycles. The number of nitrogens with one attached hydrogen (secondary N) is 1. The van der Waals surface area contributed by atoms with E-state index in [1.807, 2.05) is 30.3 Å². The average Bonchev–Trinajstić information content (AvgIpc) is 3.21. The highest BCUT2D eigenvalue weighted by Crippen LogP contribution is 2.26. The van der Waals surface area contributed by atoms with E-state index in [0.717, 1.165) is 28.2 Å². The molecule has 4 rings (SSSR count). The van der Waals surface area contributed by atoms with Crippen molar-refractivity contribution in [1.82, 2.24) is 9.99 Å². The number of nitriles is 1. The molecule has 31 heavy (non-hydrogen) atoms. The lowest BCUT2D eigenvalue weighted by molar-refractivity contribution is 0.0955. The molecule has 0 radical (unpaired) electrons. The Balaban J connectivity index is 1.49. The molecule has 0 spiro atoms. The minimum absolute atomic E-state index is 0.288.